The van der Waals surface area contributed by atoms with Crippen molar-refractivity contribution < 1.29 is 8.42 Å². The first-order valence-electron chi connectivity index (χ1n) is 5.21. The van der Waals surface area contributed by atoms with Crippen LogP contribution in [0.1, 0.15) is 33.1 Å². The second-order valence-corrected chi connectivity index (χ2v) is 6.46. The molecular weight excluding hydrogens is 200 g/mol. The number of rotatable bonds is 1. The molecule has 1 aliphatic carbocycles. The molecule has 1 aliphatic heterocycles. The zero-order valence-corrected chi connectivity index (χ0v) is 9.79. The summed E-state index contributed by atoms with van der Waals surface area (Å²) in [5.74, 6) is 0. The van der Waals surface area contributed by atoms with Gasteiger partial charge in [-0.05, 0) is 33.1 Å². The summed E-state index contributed by atoms with van der Waals surface area (Å²) in [6.07, 6.45) is 3.05. The molecule has 4 nitrogen and oxygen atoms in total. The second kappa shape index (κ2) is 3.18. The van der Waals surface area contributed by atoms with Crippen molar-refractivity contribution in [3.8, 4) is 0 Å². The lowest BCUT2D eigenvalue weighted by Crippen LogP contribution is -2.55. The van der Waals surface area contributed by atoms with Crippen LogP contribution in [0.3, 0.4) is 0 Å². The minimum Gasteiger partial charge on any atom is -0.195 e. The van der Waals surface area contributed by atoms with E-state index >= 15 is 0 Å². The van der Waals surface area contributed by atoms with Crippen molar-refractivity contribution in [2.24, 2.45) is 0 Å². The SMILES string of the molecule is CC(C)N1C2CCC(C2)N(C)S1(=O)=O. The number of hydrogen-bond donors (Lipinski definition) is 0. The monoisotopic (exact) mass is 218 g/mol. The summed E-state index contributed by atoms with van der Waals surface area (Å²) in [5.41, 5.74) is 0. The van der Waals surface area contributed by atoms with Gasteiger partial charge in [0.1, 0.15) is 0 Å². The van der Waals surface area contributed by atoms with Crippen molar-refractivity contribution in [2.45, 2.75) is 51.2 Å². The Labute approximate surface area is 86.1 Å². The highest BCUT2D eigenvalue weighted by molar-refractivity contribution is 7.86. The summed E-state index contributed by atoms with van der Waals surface area (Å²) in [6, 6.07) is 0.577. The molecule has 0 aromatic rings. The lowest BCUT2D eigenvalue weighted by atomic mass is 10.2. The van der Waals surface area contributed by atoms with Crippen LogP contribution < -0.4 is 0 Å². The highest BCUT2D eigenvalue weighted by atomic mass is 32.2. The Hall–Kier alpha value is -0.130. The Morgan fingerprint density at radius 1 is 1.21 bits per heavy atom. The van der Waals surface area contributed by atoms with Crippen LogP contribution in [0.2, 0.25) is 0 Å². The van der Waals surface area contributed by atoms with Gasteiger partial charge in [0, 0.05) is 25.2 Å². The van der Waals surface area contributed by atoms with Gasteiger partial charge in [-0.15, -0.1) is 0 Å². The van der Waals surface area contributed by atoms with Crippen LogP contribution in [-0.2, 0) is 10.2 Å². The fourth-order valence-electron chi connectivity index (χ4n) is 2.71. The van der Waals surface area contributed by atoms with E-state index in [1.54, 1.807) is 15.7 Å². The van der Waals surface area contributed by atoms with E-state index < -0.39 is 10.2 Å². The van der Waals surface area contributed by atoms with Crippen LogP contribution in [0, 0.1) is 0 Å². The molecule has 0 radical (unpaired) electrons. The Bertz CT molecular complexity index is 326. The summed E-state index contributed by atoms with van der Waals surface area (Å²) in [5, 5.41) is 0. The van der Waals surface area contributed by atoms with Gasteiger partial charge in [-0.2, -0.15) is 17.0 Å². The fraction of sp³-hybridized carbons (Fsp3) is 1.00. The maximum absolute atomic E-state index is 12.1. The summed E-state index contributed by atoms with van der Waals surface area (Å²) in [4.78, 5) is 0. The Kier molecular flexibility index (Phi) is 2.36. The highest BCUT2D eigenvalue weighted by Crippen LogP contribution is 2.37. The van der Waals surface area contributed by atoms with Gasteiger partial charge in [0.25, 0.3) is 10.2 Å². The number of fused-ring (bicyclic) bond motifs is 2. The molecule has 1 saturated carbocycles. The topological polar surface area (TPSA) is 40.6 Å². The van der Waals surface area contributed by atoms with E-state index in [1.807, 2.05) is 13.8 Å². The van der Waals surface area contributed by atoms with Gasteiger partial charge < -0.3 is 0 Å². The first-order chi connectivity index (χ1) is 6.44. The zero-order chi connectivity index (χ0) is 10.5. The van der Waals surface area contributed by atoms with Crippen molar-refractivity contribution in [1.82, 2.24) is 8.61 Å². The van der Waals surface area contributed by atoms with Crippen molar-refractivity contribution >= 4 is 10.2 Å². The molecule has 5 heteroatoms. The molecule has 2 rings (SSSR count). The van der Waals surface area contributed by atoms with Gasteiger partial charge in [-0.25, -0.2) is 0 Å². The van der Waals surface area contributed by atoms with Crippen LogP contribution in [0.15, 0.2) is 0 Å². The smallest absolute Gasteiger partial charge is 0.195 e. The van der Waals surface area contributed by atoms with E-state index in [-0.39, 0.29) is 18.1 Å². The van der Waals surface area contributed by atoms with E-state index in [0.29, 0.717) is 0 Å². The van der Waals surface area contributed by atoms with Crippen LogP contribution in [0.25, 0.3) is 0 Å². The average Bonchev–Trinajstić information content (AvgIpc) is 2.46. The quantitative estimate of drug-likeness (QED) is 0.653. The molecule has 0 spiro atoms. The third-order valence-corrected chi connectivity index (χ3v) is 5.67. The van der Waals surface area contributed by atoms with Gasteiger partial charge in [0.05, 0.1) is 0 Å². The summed E-state index contributed by atoms with van der Waals surface area (Å²) < 4.78 is 27.4. The number of nitrogens with zero attached hydrogens (tertiary/aromatic N) is 2. The predicted molar refractivity (Wildman–Crippen MR) is 55.1 cm³/mol. The molecule has 2 aliphatic rings. The minimum absolute atomic E-state index is 0.0755. The first-order valence-corrected chi connectivity index (χ1v) is 6.60. The fourth-order valence-corrected chi connectivity index (χ4v) is 4.68. The third-order valence-electron chi connectivity index (χ3n) is 3.39. The molecule has 2 unspecified atom stereocenters. The highest BCUT2D eigenvalue weighted by Gasteiger charge is 2.47. The van der Waals surface area contributed by atoms with Crippen molar-refractivity contribution in [2.75, 3.05) is 7.05 Å². The number of hydrogen-bond acceptors (Lipinski definition) is 2. The third kappa shape index (κ3) is 1.30. The van der Waals surface area contributed by atoms with E-state index in [4.69, 9.17) is 0 Å². The van der Waals surface area contributed by atoms with Crippen LogP contribution in [0.4, 0.5) is 0 Å². The zero-order valence-electron chi connectivity index (χ0n) is 8.97. The van der Waals surface area contributed by atoms with Crippen LogP contribution in [0.5, 0.6) is 0 Å². The lowest BCUT2D eigenvalue weighted by molar-refractivity contribution is 0.210. The summed E-state index contributed by atoms with van der Waals surface area (Å²) in [6.45, 7) is 3.90. The standard InChI is InChI=1S/C9H18N2O2S/c1-7(2)11-9-5-4-8(6-9)10(3)14(11,12)13/h7-9H,4-6H2,1-3H3. The van der Waals surface area contributed by atoms with Gasteiger partial charge >= 0.3 is 0 Å². The molecule has 0 aromatic carbocycles. The largest absolute Gasteiger partial charge is 0.282 e. The Morgan fingerprint density at radius 3 is 2.36 bits per heavy atom. The van der Waals surface area contributed by atoms with E-state index in [0.717, 1.165) is 19.3 Å². The predicted octanol–water partition coefficient (Wildman–Crippen LogP) is 0.808. The van der Waals surface area contributed by atoms with Crippen molar-refractivity contribution in [3.05, 3.63) is 0 Å². The van der Waals surface area contributed by atoms with E-state index in [1.165, 1.54) is 0 Å². The molecule has 2 atom stereocenters. The van der Waals surface area contributed by atoms with Crippen molar-refractivity contribution in [1.29, 1.82) is 0 Å². The molecule has 0 N–H and O–H groups in total. The van der Waals surface area contributed by atoms with Crippen molar-refractivity contribution in [3.63, 3.8) is 0 Å². The van der Waals surface area contributed by atoms with Crippen LogP contribution in [-0.4, -0.2) is 42.2 Å². The van der Waals surface area contributed by atoms with Gasteiger partial charge in [-0.3, -0.25) is 0 Å². The second-order valence-electron chi connectivity index (χ2n) is 4.57. The molecule has 82 valence electrons. The molecule has 14 heavy (non-hydrogen) atoms. The van der Waals surface area contributed by atoms with E-state index in [2.05, 4.69) is 0 Å². The van der Waals surface area contributed by atoms with Gasteiger partial charge in [-0.1, -0.05) is 0 Å². The molecular formula is C9H18N2O2S. The molecule has 0 aromatic heterocycles. The minimum atomic E-state index is -3.17. The van der Waals surface area contributed by atoms with Crippen LogP contribution >= 0.6 is 0 Å². The normalized spacial score (nSPS) is 38.0. The molecule has 0 amide bonds. The average molecular weight is 218 g/mol. The summed E-state index contributed by atoms with van der Waals surface area (Å²) in [7, 11) is -1.47. The maximum atomic E-state index is 12.1. The summed E-state index contributed by atoms with van der Waals surface area (Å²) >= 11 is 0. The Morgan fingerprint density at radius 2 is 1.79 bits per heavy atom. The first kappa shape index (κ1) is 10.4. The van der Waals surface area contributed by atoms with E-state index in [9.17, 15) is 8.42 Å². The maximum Gasteiger partial charge on any atom is 0.282 e. The molecule has 2 bridgehead atoms. The molecule has 1 heterocycles. The van der Waals surface area contributed by atoms with Gasteiger partial charge in [0.15, 0.2) is 0 Å². The van der Waals surface area contributed by atoms with Gasteiger partial charge in [0.2, 0.25) is 0 Å². The molecule has 1 saturated heterocycles. The molecule has 2 fully saturated rings. The lowest BCUT2D eigenvalue weighted by Gasteiger charge is -2.40. The Balaban J connectivity index is 2.39.